The van der Waals surface area contributed by atoms with Crippen molar-refractivity contribution in [3.63, 3.8) is 0 Å². The second kappa shape index (κ2) is 11.7. The number of anilines is 1. The highest BCUT2D eigenvalue weighted by Crippen LogP contribution is 2.24. The van der Waals surface area contributed by atoms with Crippen LogP contribution < -0.4 is 16.0 Å². The summed E-state index contributed by atoms with van der Waals surface area (Å²) in [6, 6.07) is 7.50. The van der Waals surface area contributed by atoms with Crippen LogP contribution in [0.25, 0.3) is 0 Å². The summed E-state index contributed by atoms with van der Waals surface area (Å²) in [5.74, 6) is -1.10. The van der Waals surface area contributed by atoms with Gasteiger partial charge in [-0.2, -0.15) is 0 Å². The Kier molecular flexibility index (Phi) is 9.33. The molecule has 0 bridgehead atoms. The summed E-state index contributed by atoms with van der Waals surface area (Å²) in [5.41, 5.74) is 2.56. The topological polar surface area (TPSA) is 99.7 Å². The highest BCUT2D eigenvalue weighted by molar-refractivity contribution is 5.87. The normalized spacial score (nSPS) is 21.2. The van der Waals surface area contributed by atoms with E-state index in [2.05, 4.69) is 16.0 Å². The first-order valence-electron chi connectivity index (χ1n) is 10.7. The second-order valence-electron chi connectivity index (χ2n) is 7.77. The van der Waals surface area contributed by atoms with E-state index in [1.165, 1.54) is 12.5 Å². The number of rotatable bonds is 11. The number of ether oxygens (including phenoxy) is 1. The van der Waals surface area contributed by atoms with E-state index in [1.807, 2.05) is 45.0 Å². The molecule has 0 aliphatic heterocycles. The van der Waals surface area contributed by atoms with Crippen LogP contribution in [-0.2, 0) is 14.3 Å². The van der Waals surface area contributed by atoms with E-state index in [4.69, 9.17) is 4.74 Å². The van der Waals surface area contributed by atoms with E-state index in [-0.39, 0.29) is 24.1 Å². The van der Waals surface area contributed by atoms with Gasteiger partial charge in [-0.3, -0.25) is 4.79 Å². The maximum atomic E-state index is 11.9. The Morgan fingerprint density at radius 1 is 1.20 bits per heavy atom. The molecule has 0 spiro atoms. The van der Waals surface area contributed by atoms with Gasteiger partial charge in [-0.05, 0) is 43.9 Å². The molecule has 7 heteroatoms. The van der Waals surface area contributed by atoms with Gasteiger partial charge in [-0.1, -0.05) is 32.0 Å². The average Bonchev–Trinajstić information content (AvgIpc) is 2.71. The minimum absolute atomic E-state index is 0.0130. The molecule has 4 N–H and O–H groups in total. The molecule has 3 atom stereocenters. The molecule has 0 unspecified atom stereocenters. The first-order chi connectivity index (χ1) is 14.3. The van der Waals surface area contributed by atoms with Crippen LogP contribution in [0.5, 0.6) is 0 Å². The number of carbonyl (C=O) groups is 2. The van der Waals surface area contributed by atoms with E-state index < -0.39 is 12.1 Å². The molecule has 0 heterocycles. The van der Waals surface area contributed by atoms with Crippen molar-refractivity contribution < 1.29 is 19.4 Å². The van der Waals surface area contributed by atoms with Crippen molar-refractivity contribution in [2.24, 2.45) is 0 Å². The Bertz CT molecular complexity index is 746. The van der Waals surface area contributed by atoms with Gasteiger partial charge in [0.25, 0.3) is 0 Å². The van der Waals surface area contributed by atoms with Crippen molar-refractivity contribution in [3.05, 3.63) is 41.5 Å². The average molecular weight is 418 g/mol. The lowest BCUT2D eigenvalue weighted by atomic mass is 9.87. The van der Waals surface area contributed by atoms with Crippen molar-refractivity contribution in [3.8, 4) is 0 Å². The molecular formula is C23H35N3O4. The number of hydrogen-bond acceptors (Lipinski definition) is 5. The number of carboxylic acid groups (broad SMARTS) is 1. The number of aryl methyl sites for hydroxylation is 1. The summed E-state index contributed by atoms with van der Waals surface area (Å²) in [6.45, 7) is 8.91. The van der Waals surface area contributed by atoms with Crippen LogP contribution in [0, 0.1) is 6.92 Å². The molecule has 30 heavy (non-hydrogen) atoms. The molecule has 7 nitrogen and oxygen atoms in total. The fraction of sp³-hybridized carbons (Fsp3) is 0.565. The van der Waals surface area contributed by atoms with E-state index in [0.717, 1.165) is 18.5 Å². The van der Waals surface area contributed by atoms with Gasteiger partial charge in [0.1, 0.15) is 0 Å². The standard InChI is InChI=1S/C23H35N3O4/c1-5-18(6-2)30-21-14-17(23(28)29)13-20(22(21)26-16(4)27)25-12-11-24-19-10-8-7-9-15(19)3/h7-10,14,18,20-22,24-25H,5-6,11-13H2,1-4H3,(H,26,27)(H,28,29)/t20-,21+,22+/m0/s1. The summed E-state index contributed by atoms with van der Waals surface area (Å²) < 4.78 is 6.20. The fourth-order valence-corrected chi connectivity index (χ4v) is 3.79. The van der Waals surface area contributed by atoms with Crippen LogP contribution in [-0.4, -0.2) is 54.4 Å². The number of carboxylic acids is 1. The Morgan fingerprint density at radius 3 is 2.50 bits per heavy atom. The van der Waals surface area contributed by atoms with Gasteiger partial charge < -0.3 is 25.8 Å². The number of benzene rings is 1. The molecule has 0 saturated heterocycles. The molecule has 0 radical (unpaired) electrons. The van der Waals surface area contributed by atoms with Crippen molar-refractivity contribution >= 4 is 17.6 Å². The van der Waals surface area contributed by atoms with E-state index >= 15 is 0 Å². The fourth-order valence-electron chi connectivity index (χ4n) is 3.79. The lowest BCUT2D eigenvalue weighted by Crippen LogP contribution is -2.59. The molecule has 0 saturated carbocycles. The monoisotopic (exact) mass is 417 g/mol. The third-order valence-corrected chi connectivity index (χ3v) is 5.49. The number of aliphatic carboxylic acids is 1. The molecule has 2 rings (SSSR count). The summed E-state index contributed by atoms with van der Waals surface area (Å²) in [7, 11) is 0. The van der Waals surface area contributed by atoms with Crippen molar-refractivity contribution in [2.75, 3.05) is 18.4 Å². The molecule has 1 aromatic carbocycles. The van der Waals surface area contributed by atoms with Gasteiger partial charge in [0.15, 0.2) is 0 Å². The van der Waals surface area contributed by atoms with Gasteiger partial charge in [0, 0.05) is 37.3 Å². The second-order valence-corrected chi connectivity index (χ2v) is 7.77. The summed E-state index contributed by atoms with van der Waals surface area (Å²) in [6.07, 6.45) is 3.17. The lowest BCUT2D eigenvalue weighted by Gasteiger charge is -2.38. The molecule has 0 aromatic heterocycles. The van der Waals surface area contributed by atoms with Crippen LogP contribution in [0.1, 0.15) is 45.6 Å². The molecular weight excluding hydrogens is 382 g/mol. The molecule has 1 aliphatic rings. The van der Waals surface area contributed by atoms with Crippen molar-refractivity contribution in [1.82, 2.24) is 10.6 Å². The smallest absolute Gasteiger partial charge is 0.331 e. The quantitative estimate of drug-likeness (QED) is 0.413. The minimum atomic E-state index is -0.945. The highest BCUT2D eigenvalue weighted by Gasteiger charge is 2.37. The van der Waals surface area contributed by atoms with Crippen LogP contribution in [0.2, 0.25) is 0 Å². The summed E-state index contributed by atoms with van der Waals surface area (Å²) in [4.78, 5) is 23.6. The van der Waals surface area contributed by atoms with Crippen LogP contribution >= 0.6 is 0 Å². The molecule has 166 valence electrons. The number of carbonyl (C=O) groups excluding carboxylic acids is 1. The van der Waals surface area contributed by atoms with Crippen LogP contribution in [0.15, 0.2) is 35.9 Å². The highest BCUT2D eigenvalue weighted by atomic mass is 16.5. The van der Waals surface area contributed by atoms with Crippen molar-refractivity contribution in [2.45, 2.75) is 71.2 Å². The summed E-state index contributed by atoms with van der Waals surface area (Å²) in [5, 5.41) is 19.4. The van der Waals surface area contributed by atoms with Crippen LogP contribution in [0.3, 0.4) is 0 Å². The van der Waals surface area contributed by atoms with E-state index in [1.54, 1.807) is 6.08 Å². The van der Waals surface area contributed by atoms with Crippen LogP contribution in [0.4, 0.5) is 5.69 Å². The molecule has 1 aromatic rings. The first kappa shape index (κ1) is 23.9. The SMILES string of the molecule is CCC(CC)O[C@@H]1C=C(C(=O)O)C[C@H](NCCNc2ccccc2C)[C@H]1NC(C)=O. The molecule has 0 fully saturated rings. The lowest BCUT2D eigenvalue weighted by molar-refractivity contribution is -0.133. The maximum Gasteiger partial charge on any atom is 0.331 e. The minimum Gasteiger partial charge on any atom is -0.478 e. The predicted molar refractivity (Wildman–Crippen MR) is 119 cm³/mol. The zero-order valence-corrected chi connectivity index (χ0v) is 18.4. The van der Waals surface area contributed by atoms with Gasteiger partial charge >= 0.3 is 5.97 Å². The van der Waals surface area contributed by atoms with Gasteiger partial charge in [0.05, 0.1) is 18.2 Å². The van der Waals surface area contributed by atoms with Gasteiger partial charge in [-0.25, -0.2) is 4.79 Å². The number of para-hydroxylation sites is 1. The summed E-state index contributed by atoms with van der Waals surface area (Å²) >= 11 is 0. The Morgan fingerprint density at radius 2 is 1.90 bits per heavy atom. The number of nitrogens with one attached hydrogen (secondary N) is 3. The Labute approximate surface area is 179 Å². The first-order valence-corrected chi connectivity index (χ1v) is 10.7. The largest absolute Gasteiger partial charge is 0.478 e. The van der Waals surface area contributed by atoms with Gasteiger partial charge in [-0.15, -0.1) is 0 Å². The Hall–Kier alpha value is -2.38. The third-order valence-electron chi connectivity index (χ3n) is 5.49. The zero-order valence-electron chi connectivity index (χ0n) is 18.4. The molecule has 1 amide bonds. The Balaban J connectivity index is 2.09. The zero-order chi connectivity index (χ0) is 22.1. The third kappa shape index (κ3) is 6.85. The van der Waals surface area contributed by atoms with Crippen molar-refractivity contribution in [1.29, 1.82) is 0 Å². The van der Waals surface area contributed by atoms with Gasteiger partial charge in [0.2, 0.25) is 5.91 Å². The predicted octanol–water partition coefficient (Wildman–Crippen LogP) is 2.86. The maximum absolute atomic E-state index is 11.9. The molecule has 1 aliphatic carbocycles. The van der Waals surface area contributed by atoms with E-state index in [9.17, 15) is 14.7 Å². The van der Waals surface area contributed by atoms with E-state index in [0.29, 0.717) is 25.1 Å². The number of amides is 1. The number of hydrogen-bond donors (Lipinski definition) is 4.